The van der Waals surface area contributed by atoms with Gasteiger partial charge in [0.05, 0.1) is 15.7 Å². The highest BCUT2D eigenvalue weighted by atomic mass is 35.5. The number of nitrogens with zero attached hydrogens (tertiary/aromatic N) is 1. The van der Waals surface area contributed by atoms with E-state index >= 15 is 0 Å². The maximum Gasteiger partial charge on any atom is 0.335 e. The lowest BCUT2D eigenvalue weighted by Gasteiger charge is -2.26. The number of halogens is 2. The van der Waals surface area contributed by atoms with Gasteiger partial charge in [0.1, 0.15) is 17.9 Å². The summed E-state index contributed by atoms with van der Waals surface area (Å²) in [6.07, 6.45) is 2.28. The van der Waals surface area contributed by atoms with Gasteiger partial charge in [-0.05, 0) is 65.6 Å². The van der Waals surface area contributed by atoms with Crippen LogP contribution in [-0.4, -0.2) is 17.8 Å². The summed E-state index contributed by atoms with van der Waals surface area (Å²) < 4.78 is 5.76. The van der Waals surface area contributed by atoms with Crippen molar-refractivity contribution in [1.82, 2.24) is 5.32 Å². The molecule has 1 saturated heterocycles. The molecule has 34 heavy (non-hydrogen) atoms. The zero-order valence-electron chi connectivity index (χ0n) is 18.2. The summed E-state index contributed by atoms with van der Waals surface area (Å²) in [6.45, 7) is 2.31. The Morgan fingerprint density at radius 3 is 2.21 bits per heavy atom. The Morgan fingerprint density at radius 2 is 1.56 bits per heavy atom. The second-order valence-electron chi connectivity index (χ2n) is 7.58. The van der Waals surface area contributed by atoms with Gasteiger partial charge in [-0.1, -0.05) is 60.5 Å². The van der Waals surface area contributed by atoms with Gasteiger partial charge in [-0.3, -0.25) is 14.9 Å². The highest BCUT2D eigenvalue weighted by Gasteiger charge is 2.36. The number of hydrogen-bond acceptors (Lipinski definition) is 4. The van der Waals surface area contributed by atoms with Crippen LogP contribution >= 0.6 is 23.2 Å². The average molecular weight is 495 g/mol. The number of aryl methyl sites for hydroxylation is 1. The lowest BCUT2D eigenvalue weighted by Crippen LogP contribution is -2.54. The maximum atomic E-state index is 13.0. The lowest BCUT2D eigenvalue weighted by atomic mass is 10.1. The molecule has 4 rings (SSSR count). The molecule has 0 saturated carbocycles. The quantitative estimate of drug-likeness (QED) is 0.347. The highest BCUT2D eigenvalue weighted by Crippen LogP contribution is 2.25. The van der Waals surface area contributed by atoms with Gasteiger partial charge in [0.15, 0.2) is 0 Å². The zero-order valence-corrected chi connectivity index (χ0v) is 19.7. The first-order chi connectivity index (χ1) is 16.4. The second-order valence-corrected chi connectivity index (χ2v) is 8.40. The van der Waals surface area contributed by atoms with Gasteiger partial charge < -0.3 is 4.74 Å². The molecule has 3 aromatic carbocycles. The molecule has 0 radical (unpaired) electrons. The van der Waals surface area contributed by atoms with E-state index in [4.69, 9.17) is 27.9 Å². The summed E-state index contributed by atoms with van der Waals surface area (Å²) in [4.78, 5) is 38.7. The highest BCUT2D eigenvalue weighted by molar-refractivity contribution is 6.42. The number of hydrogen-bond donors (Lipinski definition) is 1. The van der Waals surface area contributed by atoms with Gasteiger partial charge >= 0.3 is 6.03 Å². The monoisotopic (exact) mass is 494 g/mol. The number of amides is 4. The number of carbonyl (C=O) groups excluding carboxylic acids is 3. The van der Waals surface area contributed by atoms with Gasteiger partial charge in [0.25, 0.3) is 11.8 Å². The largest absolute Gasteiger partial charge is 0.489 e. The second kappa shape index (κ2) is 10.1. The van der Waals surface area contributed by atoms with Crippen LogP contribution in [0.4, 0.5) is 10.5 Å². The summed E-state index contributed by atoms with van der Waals surface area (Å²) >= 11 is 12.0. The molecule has 0 unspecified atom stereocenters. The Labute approximate surface area is 206 Å². The molecule has 0 aliphatic carbocycles. The summed E-state index contributed by atoms with van der Waals surface area (Å²) in [6, 6.07) is 18.4. The molecule has 0 aromatic heterocycles. The van der Waals surface area contributed by atoms with Crippen molar-refractivity contribution >= 4 is 52.8 Å². The van der Waals surface area contributed by atoms with E-state index in [1.165, 1.54) is 6.08 Å². The number of urea groups is 1. The Balaban J connectivity index is 1.50. The Kier molecular flexibility index (Phi) is 7.01. The molecule has 8 heteroatoms. The Morgan fingerprint density at radius 1 is 0.882 bits per heavy atom. The number of barbiturate groups is 1. The van der Waals surface area contributed by atoms with Crippen molar-refractivity contribution in [3.63, 3.8) is 0 Å². The Bertz CT molecular complexity index is 1290. The number of imide groups is 2. The summed E-state index contributed by atoms with van der Waals surface area (Å²) in [5, 5.41) is 3.16. The number of benzene rings is 3. The van der Waals surface area contributed by atoms with Crippen molar-refractivity contribution in [2.24, 2.45) is 0 Å². The van der Waals surface area contributed by atoms with Crippen molar-refractivity contribution < 1.29 is 19.1 Å². The molecule has 172 valence electrons. The SMILES string of the molecule is CCc1ccc(N2C(=O)NC(=O)C(=Cc3ccc(OCc4ccc(Cl)c(Cl)c4)cc3)C2=O)cc1. The van der Waals surface area contributed by atoms with Crippen LogP contribution in [0.1, 0.15) is 23.6 Å². The fourth-order valence-corrected chi connectivity index (χ4v) is 3.72. The first-order valence-electron chi connectivity index (χ1n) is 10.5. The molecule has 1 N–H and O–H groups in total. The van der Waals surface area contributed by atoms with Crippen LogP contribution in [0.2, 0.25) is 10.0 Å². The van der Waals surface area contributed by atoms with Gasteiger partial charge in [-0.2, -0.15) is 0 Å². The van der Waals surface area contributed by atoms with E-state index in [0.29, 0.717) is 33.7 Å². The predicted octanol–water partition coefficient (Wildman–Crippen LogP) is 5.80. The third kappa shape index (κ3) is 5.14. The molecule has 3 aromatic rings. The fourth-order valence-electron chi connectivity index (χ4n) is 3.40. The maximum absolute atomic E-state index is 13.0. The lowest BCUT2D eigenvalue weighted by molar-refractivity contribution is -0.122. The minimum Gasteiger partial charge on any atom is -0.489 e. The van der Waals surface area contributed by atoms with Crippen LogP contribution in [0.25, 0.3) is 6.08 Å². The number of nitrogens with one attached hydrogen (secondary N) is 1. The van der Waals surface area contributed by atoms with Crippen LogP contribution in [0.3, 0.4) is 0 Å². The van der Waals surface area contributed by atoms with Crippen molar-refractivity contribution in [2.45, 2.75) is 20.0 Å². The van der Waals surface area contributed by atoms with Gasteiger partial charge in [-0.15, -0.1) is 0 Å². The molecule has 1 aliphatic heterocycles. The van der Waals surface area contributed by atoms with Gasteiger partial charge in [0, 0.05) is 0 Å². The van der Waals surface area contributed by atoms with E-state index in [1.807, 2.05) is 25.1 Å². The molecule has 1 aliphatic rings. The molecular formula is C26H20Cl2N2O4. The topological polar surface area (TPSA) is 75.7 Å². The van der Waals surface area contributed by atoms with Gasteiger partial charge in [0.2, 0.25) is 0 Å². The van der Waals surface area contributed by atoms with E-state index in [9.17, 15) is 14.4 Å². The molecule has 4 amide bonds. The standard InChI is InChI=1S/C26H20Cl2N2O4/c1-2-16-3-8-19(9-4-16)30-25(32)21(24(31)29-26(30)33)13-17-5-10-20(11-6-17)34-15-18-7-12-22(27)23(28)14-18/h3-14H,2,15H2,1H3,(H,29,31,33). The number of rotatable bonds is 6. The van der Waals surface area contributed by atoms with E-state index < -0.39 is 17.8 Å². The normalized spacial score (nSPS) is 15.0. The minimum atomic E-state index is -0.776. The molecular weight excluding hydrogens is 475 g/mol. The van der Waals surface area contributed by atoms with Crippen molar-refractivity contribution in [3.05, 3.63) is 99.0 Å². The van der Waals surface area contributed by atoms with Crippen LogP contribution < -0.4 is 15.0 Å². The van der Waals surface area contributed by atoms with Crippen molar-refractivity contribution in [3.8, 4) is 5.75 Å². The molecule has 0 bridgehead atoms. The van der Waals surface area contributed by atoms with Crippen LogP contribution in [0.15, 0.2) is 72.3 Å². The summed E-state index contributed by atoms with van der Waals surface area (Å²) in [5.41, 5.74) is 2.80. The zero-order chi connectivity index (χ0) is 24.2. The molecule has 0 atom stereocenters. The van der Waals surface area contributed by atoms with Crippen LogP contribution in [0, 0.1) is 0 Å². The molecule has 1 heterocycles. The van der Waals surface area contributed by atoms with E-state index in [-0.39, 0.29) is 5.57 Å². The predicted molar refractivity (Wildman–Crippen MR) is 132 cm³/mol. The van der Waals surface area contributed by atoms with Gasteiger partial charge in [-0.25, -0.2) is 9.69 Å². The van der Waals surface area contributed by atoms with E-state index in [1.54, 1.807) is 48.5 Å². The Hall–Kier alpha value is -3.61. The first kappa shape index (κ1) is 23.5. The molecule has 0 spiro atoms. The third-order valence-electron chi connectivity index (χ3n) is 5.29. The summed E-state index contributed by atoms with van der Waals surface area (Å²) in [7, 11) is 0. The third-order valence-corrected chi connectivity index (χ3v) is 6.02. The van der Waals surface area contributed by atoms with Crippen molar-refractivity contribution in [2.75, 3.05) is 4.90 Å². The fraction of sp³-hybridized carbons (Fsp3) is 0.115. The van der Waals surface area contributed by atoms with Crippen LogP contribution in [0.5, 0.6) is 5.75 Å². The van der Waals surface area contributed by atoms with E-state index in [0.717, 1.165) is 22.4 Å². The molecule has 1 fully saturated rings. The number of anilines is 1. The minimum absolute atomic E-state index is 0.136. The average Bonchev–Trinajstić information content (AvgIpc) is 2.83. The number of ether oxygens (including phenoxy) is 1. The number of carbonyl (C=O) groups is 3. The molecule has 6 nitrogen and oxygen atoms in total. The van der Waals surface area contributed by atoms with Crippen LogP contribution in [-0.2, 0) is 22.6 Å². The van der Waals surface area contributed by atoms with E-state index in [2.05, 4.69) is 5.32 Å². The first-order valence-corrected chi connectivity index (χ1v) is 11.3. The van der Waals surface area contributed by atoms with Crippen molar-refractivity contribution in [1.29, 1.82) is 0 Å². The smallest absolute Gasteiger partial charge is 0.335 e. The summed E-state index contributed by atoms with van der Waals surface area (Å²) in [5.74, 6) is -0.824.